The molecule has 1 aliphatic carbocycles. The molecular weight excluding hydrogens is 250 g/mol. The molecule has 0 aromatic carbocycles. The normalized spacial score (nSPS) is 12.4. The third-order valence-electron chi connectivity index (χ3n) is 1.91. The minimum Gasteiger partial charge on any atom is -0.444 e. The van der Waals surface area contributed by atoms with Gasteiger partial charge in [0.25, 0.3) is 0 Å². The van der Waals surface area contributed by atoms with E-state index in [1.54, 1.807) is 20.8 Å². The van der Waals surface area contributed by atoms with Gasteiger partial charge in [-0.05, 0) is 20.8 Å². The van der Waals surface area contributed by atoms with Crippen molar-refractivity contribution in [2.75, 3.05) is 0 Å². The van der Waals surface area contributed by atoms with Crippen LogP contribution in [0.2, 0.25) is 0 Å². The van der Waals surface area contributed by atoms with Crippen LogP contribution < -0.4 is 5.73 Å². The predicted octanol–water partition coefficient (Wildman–Crippen LogP) is 6.30. The quantitative estimate of drug-likeness (QED) is 0.569. The van der Waals surface area contributed by atoms with Crippen molar-refractivity contribution in [3.05, 3.63) is 0 Å². The number of primary amides is 1. The summed E-state index contributed by atoms with van der Waals surface area (Å²) >= 11 is 0. The Bertz CT molecular complexity index is 147. The van der Waals surface area contributed by atoms with Crippen LogP contribution in [0.4, 0.5) is 4.79 Å². The van der Waals surface area contributed by atoms with Gasteiger partial charge in [-0.15, -0.1) is 0 Å². The molecule has 0 radical (unpaired) electrons. The number of amides is 1. The van der Waals surface area contributed by atoms with Crippen molar-refractivity contribution < 1.29 is 9.53 Å². The summed E-state index contributed by atoms with van der Waals surface area (Å²) in [4.78, 5) is 10.0. The van der Waals surface area contributed by atoms with E-state index in [1.165, 1.54) is 38.5 Å². The molecule has 0 aromatic heterocycles. The van der Waals surface area contributed by atoms with E-state index < -0.39 is 11.7 Å². The van der Waals surface area contributed by atoms with Crippen LogP contribution in [-0.2, 0) is 4.74 Å². The molecule has 0 aliphatic heterocycles. The first-order valence-corrected chi connectivity index (χ1v) is 8.40. The molecule has 1 saturated carbocycles. The molecule has 0 aromatic rings. The number of hydrogen-bond donors (Lipinski definition) is 1. The largest absolute Gasteiger partial charge is 0.444 e. The average molecular weight is 292 g/mol. The fourth-order valence-electron chi connectivity index (χ4n) is 1.36. The Kier molecular flexibility index (Phi) is 32.2. The summed E-state index contributed by atoms with van der Waals surface area (Å²) in [5, 5.41) is 0. The first-order chi connectivity index (χ1) is 9.42. The number of carbonyl (C=O) groups is 1. The maximum atomic E-state index is 10.0. The molecule has 1 amide bonds. The van der Waals surface area contributed by atoms with Gasteiger partial charge in [0.1, 0.15) is 5.60 Å². The van der Waals surface area contributed by atoms with Crippen LogP contribution in [0.5, 0.6) is 0 Å². The van der Waals surface area contributed by atoms with Gasteiger partial charge >= 0.3 is 6.09 Å². The number of hydrogen-bond acceptors (Lipinski definition) is 2. The van der Waals surface area contributed by atoms with Crippen molar-refractivity contribution in [1.82, 2.24) is 0 Å². The summed E-state index contributed by atoms with van der Waals surface area (Å²) in [6.45, 7) is 17.3. The van der Waals surface area contributed by atoms with Crippen LogP contribution >= 0.6 is 0 Å². The topological polar surface area (TPSA) is 52.3 Å². The van der Waals surface area contributed by atoms with Gasteiger partial charge in [-0.3, -0.25) is 0 Å². The summed E-state index contributed by atoms with van der Waals surface area (Å²) in [7, 11) is 0. The molecule has 0 saturated heterocycles. The smallest absolute Gasteiger partial charge is 0.405 e. The maximum Gasteiger partial charge on any atom is 0.405 e. The van der Waals surface area contributed by atoms with E-state index in [0.29, 0.717) is 0 Å². The van der Waals surface area contributed by atoms with Crippen molar-refractivity contribution in [1.29, 1.82) is 0 Å². The second kappa shape index (κ2) is 23.4. The van der Waals surface area contributed by atoms with E-state index in [-0.39, 0.29) is 0 Å². The highest BCUT2D eigenvalue weighted by Crippen LogP contribution is 2.15. The van der Waals surface area contributed by atoms with Crippen LogP contribution in [0.25, 0.3) is 0 Å². The monoisotopic (exact) mass is 291 g/mol. The lowest BCUT2D eigenvalue weighted by molar-refractivity contribution is 0.0600. The molecule has 0 heterocycles. The number of nitrogens with two attached hydrogens (primary N) is 1. The average Bonchev–Trinajstić information content (AvgIpc) is 2.45. The summed E-state index contributed by atoms with van der Waals surface area (Å²) in [6.07, 6.45) is 8.28. The number of ether oxygens (including phenoxy) is 1. The SMILES string of the molecule is C1CCCCC1.CC.CC.CC.CC(C)(C)OC(N)=O. The number of rotatable bonds is 0. The fourth-order valence-corrected chi connectivity index (χ4v) is 1.36. The summed E-state index contributed by atoms with van der Waals surface area (Å²) < 4.78 is 4.58. The van der Waals surface area contributed by atoms with Crippen LogP contribution in [0.3, 0.4) is 0 Å². The van der Waals surface area contributed by atoms with E-state index in [9.17, 15) is 4.79 Å². The lowest BCUT2D eigenvalue weighted by atomic mass is 10.0. The highest BCUT2D eigenvalue weighted by atomic mass is 16.6. The van der Waals surface area contributed by atoms with Crippen LogP contribution in [-0.4, -0.2) is 11.7 Å². The lowest BCUT2D eigenvalue weighted by Gasteiger charge is -2.16. The second-order valence-corrected chi connectivity index (χ2v) is 4.65. The molecule has 3 nitrogen and oxygen atoms in total. The highest BCUT2D eigenvalue weighted by Gasteiger charge is 2.12. The van der Waals surface area contributed by atoms with Gasteiger partial charge in [0, 0.05) is 0 Å². The highest BCUT2D eigenvalue weighted by molar-refractivity contribution is 5.65. The molecule has 2 N–H and O–H groups in total. The molecule has 20 heavy (non-hydrogen) atoms. The summed E-state index contributed by atoms with van der Waals surface area (Å²) in [6, 6.07) is 0. The Morgan fingerprint density at radius 3 is 1.00 bits per heavy atom. The van der Waals surface area contributed by atoms with E-state index in [0.717, 1.165) is 0 Å². The van der Waals surface area contributed by atoms with E-state index in [1.807, 2.05) is 41.5 Å². The van der Waals surface area contributed by atoms with Crippen LogP contribution in [0.15, 0.2) is 0 Å². The Hall–Kier alpha value is -0.730. The molecule has 3 heteroatoms. The zero-order valence-corrected chi connectivity index (χ0v) is 15.6. The zero-order chi connectivity index (χ0) is 17.0. The van der Waals surface area contributed by atoms with Crippen molar-refractivity contribution in [3.63, 3.8) is 0 Å². The molecule has 1 rings (SSSR count). The standard InChI is InChI=1S/C6H12.C5H11NO2.3C2H6/c1-2-4-6-5-3-1;1-5(2,3)8-4(6)7;3*1-2/h1-6H2;1-3H3,(H2,6,7);3*1-2H3. The Morgan fingerprint density at radius 2 is 0.950 bits per heavy atom. The fraction of sp³-hybridized carbons (Fsp3) is 0.941. The van der Waals surface area contributed by atoms with E-state index in [2.05, 4.69) is 4.74 Å². The molecule has 1 aliphatic rings. The van der Waals surface area contributed by atoms with E-state index >= 15 is 0 Å². The first-order valence-electron chi connectivity index (χ1n) is 8.40. The third kappa shape index (κ3) is 43.3. The minimum absolute atomic E-state index is 0.453. The molecule has 126 valence electrons. The van der Waals surface area contributed by atoms with E-state index in [4.69, 9.17) is 5.73 Å². The van der Waals surface area contributed by atoms with Gasteiger partial charge < -0.3 is 10.5 Å². The molecule has 0 spiro atoms. The van der Waals surface area contributed by atoms with Gasteiger partial charge in [0.05, 0.1) is 0 Å². The molecule has 0 atom stereocenters. The van der Waals surface area contributed by atoms with Crippen molar-refractivity contribution in [2.24, 2.45) is 5.73 Å². The Balaban J connectivity index is -0.0000000943. The lowest BCUT2D eigenvalue weighted by Crippen LogP contribution is -2.27. The van der Waals surface area contributed by atoms with Crippen molar-refractivity contribution in [2.45, 2.75) is 106 Å². The zero-order valence-electron chi connectivity index (χ0n) is 15.6. The van der Waals surface area contributed by atoms with Gasteiger partial charge in [-0.25, -0.2) is 4.79 Å². The Labute approximate surface area is 128 Å². The Morgan fingerprint density at radius 1 is 0.750 bits per heavy atom. The van der Waals surface area contributed by atoms with Crippen LogP contribution in [0, 0.1) is 0 Å². The second-order valence-electron chi connectivity index (χ2n) is 4.65. The summed E-state index contributed by atoms with van der Waals surface area (Å²) in [5.41, 5.74) is 4.26. The van der Waals surface area contributed by atoms with Crippen molar-refractivity contribution in [3.8, 4) is 0 Å². The van der Waals surface area contributed by atoms with Gasteiger partial charge in [-0.2, -0.15) is 0 Å². The summed E-state index contributed by atoms with van der Waals surface area (Å²) in [5.74, 6) is 0. The molecule has 1 fully saturated rings. The van der Waals surface area contributed by atoms with Crippen LogP contribution in [0.1, 0.15) is 101 Å². The van der Waals surface area contributed by atoms with Gasteiger partial charge in [0.2, 0.25) is 0 Å². The van der Waals surface area contributed by atoms with Crippen molar-refractivity contribution >= 4 is 6.09 Å². The number of carbonyl (C=O) groups excluding carboxylic acids is 1. The minimum atomic E-state index is -0.725. The first kappa shape index (κ1) is 27.6. The molecular formula is C17H41NO2. The predicted molar refractivity (Wildman–Crippen MR) is 92.2 cm³/mol. The maximum absolute atomic E-state index is 10.0. The van der Waals surface area contributed by atoms with Gasteiger partial charge in [0.15, 0.2) is 0 Å². The third-order valence-corrected chi connectivity index (χ3v) is 1.91. The molecule has 0 bridgehead atoms. The molecule has 0 unspecified atom stereocenters. The van der Waals surface area contributed by atoms with Gasteiger partial charge in [-0.1, -0.05) is 80.1 Å².